The molecule has 0 amide bonds. The quantitative estimate of drug-likeness (QED) is 0.271. The van der Waals surface area contributed by atoms with Gasteiger partial charge in [-0.2, -0.15) is 0 Å². The van der Waals surface area contributed by atoms with Gasteiger partial charge in [0.25, 0.3) is 0 Å². The second kappa shape index (κ2) is 9.60. The molecule has 45 heavy (non-hydrogen) atoms. The van der Waals surface area contributed by atoms with Gasteiger partial charge in [-0.25, -0.2) is 0 Å². The lowest BCUT2D eigenvalue weighted by Crippen LogP contribution is -2.84. The normalized spacial score (nSPS) is 53.3. The summed E-state index contributed by atoms with van der Waals surface area (Å²) >= 11 is 0. The summed E-state index contributed by atoms with van der Waals surface area (Å²) in [5.74, 6) is -4.73. The first-order valence-corrected chi connectivity index (χ1v) is 16.0. The maximum Gasteiger partial charge on any atom is 0.310 e. The molecule has 1 spiro atoms. The lowest BCUT2D eigenvalue weighted by atomic mass is 9.33. The average Bonchev–Trinajstić information content (AvgIpc) is 3.35. The molecule has 0 aromatic carbocycles. The maximum absolute atomic E-state index is 14.8. The number of hydrogen-bond acceptors (Lipinski definition) is 12. The van der Waals surface area contributed by atoms with Crippen molar-refractivity contribution in [3.63, 3.8) is 0 Å². The first kappa shape index (κ1) is 31.3. The molecule has 6 aliphatic rings. The van der Waals surface area contributed by atoms with Crippen LogP contribution in [-0.2, 0) is 33.3 Å². The number of ketones is 1. The van der Waals surface area contributed by atoms with Crippen molar-refractivity contribution in [2.24, 2.45) is 39.4 Å². The molecule has 16 atom stereocenters. The number of aliphatic hydroxyl groups excluding tert-OH is 4. The molecule has 248 valence electrons. The largest absolute Gasteiger partial charge is 0.472 e. The van der Waals surface area contributed by atoms with Gasteiger partial charge in [0.15, 0.2) is 5.78 Å². The van der Waals surface area contributed by atoms with Gasteiger partial charge in [-0.3, -0.25) is 14.4 Å². The zero-order chi connectivity index (χ0) is 32.6. The van der Waals surface area contributed by atoms with E-state index in [-0.39, 0.29) is 25.0 Å². The first-order valence-electron chi connectivity index (χ1n) is 16.0. The number of esters is 2. The molecular weight excluding hydrogens is 588 g/mol. The molecule has 4 N–H and O–H groups in total. The van der Waals surface area contributed by atoms with E-state index in [1.807, 2.05) is 19.9 Å². The van der Waals surface area contributed by atoms with Crippen LogP contribution >= 0.6 is 0 Å². The Bertz CT molecular complexity index is 1410. The van der Waals surface area contributed by atoms with Crippen molar-refractivity contribution in [1.29, 1.82) is 0 Å². The van der Waals surface area contributed by atoms with E-state index in [9.17, 15) is 34.8 Å². The van der Waals surface area contributed by atoms with Gasteiger partial charge in [-0.1, -0.05) is 27.7 Å². The zero-order valence-electron chi connectivity index (χ0n) is 26.5. The molecule has 1 unspecified atom stereocenters. The van der Waals surface area contributed by atoms with Crippen molar-refractivity contribution in [2.75, 3.05) is 6.61 Å². The van der Waals surface area contributed by atoms with Gasteiger partial charge >= 0.3 is 11.9 Å². The molecule has 1 aromatic heterocycles. The van der Waals surface area contributed by atoms with Crippen molar-refractivity contribution in [3.05, 3.63) is 24.2 Å². The van der Waals surface area contributed by atoms with Crippen LogP contribution in [0, 0.1) is 39.4 Å². The van der Waals surface area contributed by atoms with E-state index in [2.05, 4.69) is 0 Å². The van der Waals surface area contributed by atoms with Gasteiger partial charge in [-0.05, 0) is 43.7 Å². The molecule has 4 saturated carbocycles. The summed E-state index contributed by atoms with van der Waals surface area (Å²) in [4.78, 5) is 40.3. The summed E-state index contributed by atoms with van der Waals surface area (Å²) in [6, 6.07) is 1.81. The van der Waals surface area contributed by atoms with Crippen LogP contribution < -0.4 is 0 Å². The second-order valence-electron chi connectivity index (χ2n) is 15.1. The fourth-order valence-electron chi connectivity index (χ4n) is 11.3. The van der Waals surface area contributed by atoms with Crippen LogP contribution in [0.1, 0.15) is 72.3 Å². The lowest BCUT2D eigenvalue weighted by molar-refractivity contribution is -0.391. The molecule has 4 aliphatic carbocycles. The number of carbonyl (C=O) groups excluding carboxylic acids is 3. The van der Waals surface area contributed by atoms with Crippen molar-refractivity contribution in [1.82, 2.24) is 0 Å². The highest BCUT2D eigenvalue weighted by molar-refractivity contribution is 5.91. The molecule has 0 radical (unpaired) electrons. The lowest BCUT2D eigenvalue weighted by Gasteiger charge is -2.73. The molecule has 7 rings (SSSR count). The summed E-state index contributed by atoms with van der Waals surface area (Å²) in [7, 11) is 0. The number of furan rings is 1. The van der Waals surface area contributed by atoms with E-state index in [1.165, 1.54) is 6.92 Å². The number of fused-ring (bicyclic) bond motifs is 1. The van der Waals surface area contributed by atoms with E-state index in [0.29, 0.717) is 12.8 Å². The van der Waals surface area contributed by atoms with Crippen LogP contribution in [0.2, 0.25) is 0 Å². The molecule has 2 bridgehead atoms. The summed E-state index contributed by atoms with van der Waals surface area (Å²) in [5, 5.41) is 48.3. The van der Waals surface area contributed by atoms with E-state index >= 15 is 0 Å². The van der Waals surface area contributed by atoms with Gasteiger partial charge in [-0.15, -0.1) is 0 Å². The Hall–Kier alpha value is -2.35. The van der Waals surface area contributed by atoms with E-state index < -0.39 is 99.5 Å². The third-order valence-electron chi connectivity index (χ3n) is 13.6. The van der Waals surface area contributed by atoms with Crippen LogP contribution in [0.4, 0.5) is 0 Å². The minimum absolute atomic E-state index is 0.000547. The van der Waals surface area contributed by atoms with Gasteiger partial charge < -0.3 is 43.8 Å². The molecule has 6 fully saturated rings. The third-order valence-corrected chi connectivity index (χ3v) is 13.6. The first-order chi connectivity index (χ1) is 21.1. The Morgan fingerprint density at radius 1 is 1.09 bits per heavy atom. The van der Waals surface area contributed by atoms with Gasteiger partial charge in [0.1, 0.15) is 23.9 Å². The summed E-state index contributed by atoms with van der Waals surface area (Å²) in [6.45, 7) is 9.66. The highest BCUT2D eigenvalue weighted by Gasteiger charge is 2.92. The Labute approximate surface area is 261 Å². The topological polar surface area (TPSA) is 185 Å². The molecule has 2 aliphatic heterocycles. The van der Waals surface area contributed by atoms with E-state index in [4.69, 9.17) is 23.4 Å². The van der Waals surface area contributed by atoms with Crippen molar-refractivity contribution >= 4 is 17.7 Å². The number of epoxide rings is 1. The third kappa shape index (κ3) is 3.36. The van der Waals surface area contributed by atoms with E-state index in [1.54, 1.807) is 33.3 Å². The molecule has 12 heteroatoms. The average molecular weight is 633 g/mol. The van der Waals surface area contributed by atoms with Gasteiger partial charge in [0, 0.05) is 35.0 Å². The molecule has 2 saturated heterocycles. The minimum atomic E-state index is -1.70. The maximum atomic E-state index is 14.8. The summed E-state index contributed by atoms with van der Waals surface area (Å²) < 4.78 is 29.7. The highest BCUT2D eigenvalue weighted by atomic mass is 16.7. The van der Waals surface area contributed by atoms with Crippen LogP contribution in [0.25, 0.3) is 0 Å². The number of carbonyl (C=O) groups is 3. The summed E-state index contributed by atoms with van der Waals surface area (Å²) in [6.07, 6.45) is -5.08. The number of Topliss-reactive ketones (excluding diaryl/α,β-unsaturated/α-hetero) is 1. The fraction of sp³-hybridized carbons (Fsp3) is 0.788. The Kier molecular flexibility index (Phi) is 6.67. The van der Waals surface area contributed by atoms with E-state index in [0.717, 1.165) is 5.56 Å². The molecule has 12 nitrogen and oxygen atoms in total. The van der Waals surface area contributed by atoms with Crippen molar-refractivity contribution < 1.29 is 58.2 Å². The smallest absolute Gasteiger partial charge is 0.310 e. The zero-order valence-corrected chi connectivity index (χ0v) is 26.5. The van der Waals surface area contributed by atoms with Crippen LogP contribution in [0.15, 0.2) is 23.0 Å². The monoisotopic (exact) mass is 632 g/mol. The minimum Gasteiger partial charge on any atom is -0.472 e. The molecule has 1 aromatic rings. The predicted octanol–water partition coefficient (Wildman–Crippen LogP) is 1.46. The number of aliphatic hydroxyl groups is 4. The predicted molar refractivity (Wildman–Crippen MR) is 152 cm³/mol. The van der Waals surface area contributed by atoms with Gasteiger partial charge in [0.2, 0.25) is 6.29 Å². The Balaban J connectivity index is 1.39. The van der Waals surface area contributed by atoms with Crippen LogP contribution in [0.3, 0.4) is 0 Å². The fourth-order valence-corrected chi connectivity index (χ4v) is 11.3. The molecule has 3 heterocycles. The second-order valence-corrected chi connectivity index (χ2v) is 15.1. The van der Waals surface area contributed by atoms with Crippen LogP contribution in [-0.4, -0.2) is 93.3 Å². The SMILES string of the molecule is CCC(C)C(=O)O[C@@H]1OC[C@@]23[C@H]4C(=O)[C@@H](O)[C@@]5(C)[C@H](c6ccoc6)C[C@H]6O[C@]65[C@]4(C)[C@H](O)C[C@H]2[C@]1(C)[C@H](OC(C)=O)[C@H](O)[C@@H]3O. The molecular formula is C33H44O12. The Morgan fingerprint density at radius 2 is 1.80 bits per heavy atom. The number of ether oxygens (including phenoxy) is 4. The van der Waals surface area contributed by atoms with Crippen molar-refractivity contribution in [3.8, 4) is 0 Å². The summed E-state index contributed by atoms with van der Waals surface area (Å²) in [5.41, 5.74) is -5.84. The number of rotatable bonds is 5. The Morgan fingerprint density at radius 3 is 2.42 bits per heavy atom. The highest BCUT2D eigenvalue weighted by Crippen LogP contribution is 2.82. The van der Waals surface area contributed by atoms with Gasteiger partial charge in [0.05, 0.1) is 48.8 Å². The number of hydrogen-bond donors (Lipinski definition) is 4. The standard InChI is InChI=1S/C33H44O12/c1-7-14(2)27(40)44-28-29(4)18-11-19(35)31(6)23(32(18,13-42-28)25(39)22(37)26(29)43-15(3)34)21(36)24(38)30(5)17(16-8-9-41-12-16)10-20-33(30,31)45-20/h8-9,12,14,17-20,22-26,28,35,37-39H,7,10-11,13H2,1-6H3/t14?,17-,18-,19+,20+,22+,23-,24+,25-,26+,28-,29+,30+,31+,32-,33+/m0/s1. The van der Waals surface area contributed by atoms with Crippen molar-refractivity contribution in [2.45, 2.75) is 115 Å². The van der Waals surface area contributed by atoms with Crippen LogP contribution in [0.5, 0.6) is 0 Å².